The van der Waals surface area contributed by atoms with Crippen molar-refractivity contribution in [1.82, 2.24) is 20.5 Å². The summed E-state index contributed by atoms with van der Waals surface area (Å²) >= 11 is 0. The molecule has 3 N–H and O–H groups in total. The van der Waals surface area contributed by atoms with Crippen molar-refractivity contribution in [3.63, 3.8) is 0 Å². The van der Waals surface area contributed by atoms with E-state index in [1.54, 1.807) is 13.1 Å². The number of carbonyl (C=O) groups is 2. The largest absolute Gasteiger partial charge is 0.446 e. The molecule has 0 aliphatic heterocycles. The molecule has 1 saturated carbocycles. The van der Waals surface area contributed by atoms with Crippen molar-refractivity contribution >= 4 is 17.8 Å². The monoisotopic (exact) mass is 375 g/mol. The molecule has 146 valence electrons. The van der Waals surface area contributed by atoms with Crippen LogP contribution >= 0.6 is 0 Å². The highest BCUT2D eigenvalue weighted by atomic mass is 16.6. The second kappa shape index (κ2) is 8.24. The summed E-state index contributed by atoms with van der Waals surface area (Å²) in [4.78, 5) is 27.8. The number of nitrogens with zero attached hydrogens (tertiary/aromatic N) is 2. The molecule has 1 aliphatic carbocycles. The highest BCUT2D eigenvalue weighted by molar-refractivity contribution is 5.90. The number of aromatic nitrogens is 3. The molecule has 9 heteroatoms. The zero-order chi connectivity index (χ0) is 19.4. The van der Waals surface area contributed by atoms with Crippen LogP contribution in [0.15, 0.2) is 16.7 Å². The number of rotatable bonds is 6. The lowest BCUT2D eigenvalue weighted by Gasteiger charge is -2.14. The minimum Gasteiger partial charge on any atom is -0.446 e. The Kier molecular flexibility index (Phi) is 5.78. The molecule has 3 rings (SSSR count). The minimum absolute atomic E-state index is 0.0498. The predicted molar refractivity (Wildman–Crippen MR) is 97.3 cm³/mol. The van der Waals surface area contributed by atoms with Crippen LogP contribution < -0.4 is 10.6 Å². The van der Waals surface area contributed by atoms with Crippen LogP contribution in [-0.2, 0) is 16.0 Å². The molecule has 2 aromatic rings. The van der Waals surface area contributed by atoms with Gasteiger partial charge in [-0.05, 0) is 40.0 Å². The first-order valence-corrected chi connectivity index (χ1v) is 9.12. The highest BCUT2D eigenvalue weighted by Crippen LogP contribution is 2.35. The molecule has 2 atom stereocenters. The number of amides is 2. The first-order valence-electron chi connectivity index (χ1n) is 9.12. The molecule has 9 nitrogen and oxygen atoms in total. The number of aromatic amines is 1. The summed E-state index contributed by atoms with van der Waals surface area (Å²) in [6.07, 6.45) is 3.58. The van der Waals surface area contributed by atoms with Gasteiger partial charge in [-0.25, -0.2) is 9.78 Å². The van der Waals surface area contributed by atoms with Gasteiger partial charge in [0.1, 0.15) is 18.3 Å². The lowest BCUT2D eigenvalue weighted by Crippen LogP contribution is -2.33. The summed E-state index contributed by atoms with van der Waals surface area (Å²) in [5.74, 6) is 1.47. The van der Waals surface area contributed by atoms with Crippen LogP contribution in [0.5, 0.6) is 0 Å². The first kappa shape index (κ1) is 18.9. The van der Waals surface area contributed by atoms with Crippen molar-refractivity contribution in [1.29, 1.82) is 0 Å². The number of H-pyrrole nitrogens is 1. The number of hydrogen-bond donors (Lipinski definition) is 3. The molecule has 2 heterocycles. The fourth-order valence-corrected chi connectivity index (χ4v) is 3.17. The van der Waals surface area contributed by atoms with Gasteiger partial charge in [-0.1, -0.05) is 0 Å². The third-order valence-corrected chi connectivity index (χ3v) is 4.35. The normalized spacial score (nSPS) is 19.3. The molecular formula is C18H25N5O4. The predicted octanol–water partition coefficient (Wildman–Crippen LogP) is 2.66. The fraction of sp³-hybridized carbons (Fsp3) is 0.556. The summed E-state index contributed by atoms with van der Waals surface area (Å²) in [5, 5.41) is 12.6. The van der Waals surface area contributed by atoms with Crippen molar-refractivity contribution in [2.45, 2.75) is 64.5 Å². The van der Waals surface area contributed by atoms with E-state index in [-0.39, 0.29) is 36.5 Å². The smallest absolute Gasteiger partial charge is 0.407 e. The molecule has 0 radical (unpaired) electrons. The summed E-state index contributed by atoms with van der Waals surface area (Å²) in [7, 11) is 0. The first-order chi connectivity index (χ1) is 12.9. The van der Waals surface area contributed by atoms with Gasteiger partial charge in [0.2, 0.25) is 11.8 Å². The number of carbonyl (C=O) groups excluding carboxylic acids is 2. The van der Waals surface area contributed by atoms with E-state index in [1.807, 2.05) is 19.9 Å². The molecule has 0 aromatic carbocycles. The lowest BCUT2D eigenvalue weighted by atomic mass is 10.0. The summed E-state index contributed by atoms with van der Waals surface area (Å²) < 4.78 is 10.7. The average Bonchev–Trinajstić information content (AvgIpc) is 3.28. The van der Waals surface area contributed by atoms with Gasteiger partial charge in [0.15, 0.2) is 5.82 Å². The van der Waals surface area contributed by atoms with Crippen molar-refractivity contribution in [2.75, 3.05) is 5.32 Å². The van der Waals surface area contributed by atoms with Crippen LogP contribution in [0.25, 0.3) is 0 Å². The third kappa shape index (κ3) is 5.32. The second-order valence-electron chi connectivity index (χ2n) is 7.13. The Morgan fingerprint density at radius 1 is 1.41 bits per heavy atom. The Bertz CT molecular complexity index is 797. The van der Waals surface area contributed by atoms with Crippen molar-refractivity contribution < 1.29 is 18.7 Å². The number of nitrogens with one attached hydrogen (secondary N) is 3. The van der Waals surface area contributed by atoms with Gasteiger partial charge in [-0.15, -0.1) is 0 Å². The fourth-order valence-electron chi connectivity index (χ4n) is 3.17. The van der Waals surface area contributed by atoms with Crippen LogP contribution in [0, 0.1) is 6.92 Å². The Labute approximate surface area is 157 Å². The molecular weight excluding hydrogens is 350 g/mol. The molecule has 0 unspecified atom stereocenters. The molecule has 27 heavy (non-hydrogen) atoms. The van der Waals surface area contributed by atoms with Gasteiger partial charge in [-0.3, -0.25) is 9.89 Å². The van der Waals surface area contributed by atoms with E-state index >= 15 is 0 Å². The summed E-state index contributed by atoms with van der Waals surface area (Å²) in [6, 6.07) is 1.87. The topological polar surface area (TPSA) is 122 Å². The molecule has 2 amide bonds. The molecule has 1 fully saturated rings. The van der Waals surface area contributed by atoms with Crippen LogP contribution in [0.1, 0.15) is 56.4 Å². The van der Waals surface area contributed by atoms with E-state index < -0.39 is 0 Å². The number of alkyl carbamates (subject to hydrolysis) is 1. The number of hydrogen-bond acceptors (Lipinski definition) is 6. The van der Waals surface area contributed by atoms with Crippen LogP contribution in [-0.4, -0.2) is 39.3 Å². The van der Waals surface area contributed by atoms with E-state index in [9.17, 15) is 9.59 Å². The number of anilines is 1. The Balaban J connectivity index is 1.49. The van der Waals surface area contributed by atoms with E-state index in [4.69, 9.17) is 9.15 Å². The summed E-state index contributed by atoms with van der Waals surface area (Å²) in [6.45, 7) is 5.56. The third-order valence-electron chi connectivity index (χ3n) is 4.35. The SMILES string of the molecule is Cc1cnc(CC(=O)Nc2cc([C@H]3CC[C@@H](OC(=O)NC(C)C)C3)[nH]n2)o1. The van der Waals surface area contributed by atoms with Gasteiger partial charge in [0.05, 0.1) is 6.20 Å². The standard InChI is InChI=1S/C18H25N5O4/c1-10(2)20-18(25)27-13-5-4-12(6-13)14-7-15(23-22-14)21-16(24)8-17-19-9-11(3)26-17/h7,9-10,12-13H,4-6,8H2,1-3H3,(H,20,25)(H2,21,22,23,24)/t12-,13+/m0/s1. The van der Waals surface area contributed by atoms with E-state index in [2.05, 4.69) is 25.8 Å². The zero-order valence-electron chi connectivity index (χ0n) is 15.7. The zero-order valence-corrected chi connectivity index (χ0v) is 15.7. The van der Waals surface area contributed by atoms with E-state index in [0.29, 0.717) is 17.5 Å². The lowest BCUT2D eigenvalue weighted by molar-refractivity contribution is -0.115. The Morgan fingerprint density at radius 3 is 2.93 bits per heavy atom. The van der Waals surface area contributed by atoms with Crippen molar-refractivity contribution in [3.8, 4) is 0 Å². The number of oxazole rings is 1. The molecule has 1 aliphatic rings. The number of aryl methyl sites for hydroxylation is 1. The molecule has 2 aromatic heterocycles. The molecule has 0 bridgehead atoms. The molecule has 0 saturated heterocycles. The van der Waals surface area contributed by atoms with Gasteiger partial charge in [0.25, 0.3) is 0 Å². The molecule has 0 spiro atoms. The number of ether oxygens (including phenoxy) is 1. The average molecular weight is 375 g/mol. The maximum atomic E-state index is 12.1. The maximum absolute atomic E-state index is 12.1. The van der Waals surface area contributed by atoms with Crippen molar-refractivity contribution in [2.24, 2.45) is 0 Å². The minimum atomic E-state index is -0.380. The van der Waals surface area contributed by atoms with Gasteiger partial charge in [0, 0.05) is 23.7 Å². The van der Waals surface area contributed by atoms with Gasteiger partial charge in [-0.2, -0.15) is 5.10 Å². The van der Waals surface area contributed by atoms with Crippen LogP contribution in [0.3, 0.4) is 0 Å². The quantitative estimate of drug-likeness (QED) is 0.713. The van der Waals surface area contributed by atoms with Crippen molar-refractivity contribution in [3.05, 3.63) is 29.6 Å². The Hall–Kier alpha value is -2.84. The summed E-state index contributed by atoms with van der Waals surface area (Å²) in [5.41, 5.74) is 0.924. The van der Waals surface area contributed by atoms with Crippen LogP contribution in [0.2, 0.25) is 0 Å². The Morgan fingerprint density at radius 2 is 2.22 bits per heavy atom. The van der Waals surface area contributed by atoms with Gasteiger partial charge >= 0.3 is 6.09 Å². The second-order valence-corrected chi connectivity index (χ2v) is 7.13. The van der Waals surface area contributed by atoms with Crippen LogP contribution in [0.4, 0.5) is 10.6 Å². The highest BCUT2D eigenvalue weighted by Gasteiger charge is 2.30. The van der Waals surface area contributed by atoms with E-state index in [0.717, 1.165) is 25.0 Å². The maximum Gasteiger partial charge on any atom is 0.407 e. The van der Waals surface area contributed by atoms with E-state index in [1.165, 1.54) is 0 Å². The van der Waals surface area contributed by atoms with Gasteiger partial charge < -0.3 is 19.8 Å².